The number of benzene rings is 8. The molecule has 0 aliphatic heterocycles. The van der Waals surface area contributed by atoms with Gasteiger partial charge < -0.3 is 9.32 Å². The zero-order valence-corrected chi connectivity index (χ0v) is 25.1. The zero-order valence-electron chi connectivity index (χ0n) is 25.1. The van der Waals surface area contributed by atoms with Crippen LogP contribution in [-0.4, -0.2) is 0 Å². The van der Waals surface area contributed by atoms with E-state index < -0.39 is 0 Å². The van der Waals surface area contributed by atoms with Gasteiger partial charge in [0.25, 0.3) is 0 Å². The molecule has 0 saturated carbocycles. The van der Waals surface area contributed by atoms with E-state index in [9.17, 15) is 0 Å². The summed E-state index contributed by atoms with van der Waals surface area (Å²) in [4.78, 5) is 2.40. The molecule has 0 N–H and O–H groups in total. The molecular weight excluding hydrogens is 558 g/mol. The standard InChI is InChI=1S/C44H29NO/c1-2-10-30(11-3-1)32-20-23-36(24-21-32)45(37-25-27-41-40-16-8-9-17-42(40)46-43(41)29-37)44-38-15-7-6-13-33(38)22-26-39(44)35-19-18-31-12-4-5-14-34(31)28-35/h1-29H. The summed E-state index contributed by atoms with van der Waals surface area (Å²) in [6, 6.07) is 62.9. The number of hydrogen-bond donors (Lipinski definition) is 0. The van der Waals surface area contributed by atoms with E-state index in [0.29, 0.717) is 0 Å². The van der Waals surface area contributed by atoms with Gasteiger partial charge in [-0.2, -0.15) is 0 Å². The van der Waals surface area contributed by atoms with Crippen molar-refractivity contribution in [2.75, 3.05) is 4.90 Å². The van der Waals surface area contributed by atoms with Gasteiger partial charge >= 0.3 is 0 Å². The molecule has 8 aromatic carbocycles. The molecular formula is C44H29NO. The van der Waals surface area contributed by atoms with Crippen LogP contribution in [-0.2, 0) is 0 Å². The van der Waals surface area contributed by atoms with Crippen LogP contribution in [0.4, 0.5) is 17.1 Å². The minimum atomic E-state index is 0.872. The van der Waals surface area contributed by atoms with Gasteiger partial charge in [-0.25, -0.2) is 0 Å². The van der Waals surface area contributed by atoms with Crippen LogP contribution in [0.5, 0.6) is 0 Å². The number of anilines is 3. The number of furan rings is 1. The SMILES string of the molecule is c1ccc(-c2ccc(N(c3ccc4c(c3)oc3ccccc34)c3c(-c4ccc5ccccc5c4)ccc4ccccc34)cc2)cc1. The summed E-state index contributed by atoms with van der Waals surface area (Å²) in [5.74, 6) is 0. The van der Waals surface area contributed by atoms with Crippen molar-refractivity contribution >= 4 is 60.5 Å². The van der Waals surface area contributed by atoms with Crippen molar-refractivity contribution in [2.24, 2.45) is 0 Å². The molecule has 0 aliphatic rings. The van der Waals surface area contributed by atoms with Crippen molar-refractivity contribution in [3.8, 4) is 22.3 Å². The molecule has 9 aromatic rings. The Morgan fingerprint density at radius 3 is 1.80 bits per heavy atom. The molecule has 2 heteroatoms. The van der Waals surface area contributed by atoms with E-state index in [1.54, 1.807) is 0 Å². The van der Waals surface area contributed by atoms with E-state index in [2.05, 4.69) is 169 Å². The van der Waals surface area contributed by atoms with E-state index in [4.69, 9.17) is 4.42 Å². The second kappa shape index (κ2) is 10.8. The second-order valence-electron chi connectivity index (χ2n) is 11.8. The maximum Gasteiger partial charge on any atom is 0.137 e. The molecule has 46 heavy (non-hydrogen) atoms. The van der Waals surface area contributed by atoms with Gasteiger partial charge in [-0.1, -0.05) is 133 Å². The second-order valence-corrected chi connectivity index (χ2v) is 11.8. The Labute approximate surface area is 267 Å². The van der Waals surface area contributed by atoms with E-state index in [1.807, 2.05) is 12.1 Å². The van der Waals surface area contributed by atoms with Crippen LogP contribution < -0.4 is 4.90 Å². The summed E-state index contributed by atoms with van der Waals surface area (Å²) in [6.45, 7) is 0. The van der Waals surface area contributed by atoms with Crippen LogP contribution in [0.15, 0.2) is 180 Å². The summed E-state index contributed by atoms with van der Waals surface area (Å²) in [5, 5.41) is 7.08. The predicted molar refractivity (Wildman–Crippen MR) is 194 cm³/mol. The van der Waals surface area contributed by atoms with Crippen LogP contribution in [0.2, 0.25) is 0 Å². The fraction of sp³-hybridized carbons (Fsp3) is 0. The number of hydrogen-bond acceptors (Lipinski definition) is 2. The number of fused-ring (bicyclic) bond motifs is 5. The molecule has 216 valence electrons. The third-order valence-corrected chi connectivity index (χ3v) is 9.04. The van der Waals surface area contributed by atoms with Crippen molar-refractivity contribution in [3.05, 3.63) is 176 Å². The lowest BCUT2D eigenvalue weighted by atomic mass is 9.94. The van der Waals surface area contributed by atoms with Crippen molar-refractivity contribution in [1.82, 2.24) is 0 Å². The van der Waals surface area contributed by atoms with Gasteiger partial charge in [-0.15, -0.1) is 0 Å². The summed E-state index contributed by atoms with van der Waals surface area (Å²) in [5.41, 5.74) is 9.75. The molecule has 0 fully saturated rings. The van der Waals surface area contributed by atoms with Gasteiger partial charge in [-0.05, 0) is 69.2 Å². The first-order chi connectivity index (χ1) is 22.8. The molecule has 2 nitrogen and oxygen atoms in total. The number of para-hydroxylation sites is 1. The smallest absolute Gasteiger partial charge is 0.137 e. The maximum atomic E-state index is 6.42. The quantitative estimate of drug-likeness (QED) is 0.199. The van der Waals surface area contributed by atoms with Crippen molar-refractivity contribution in [1.29, 1.82) is 0 Å². The minimum Gasteiger partial charge on any atom is -0.456 e. The predicted octanol–water partition coefficient (Wildman–Crippen LogP) is 12.7. The Hall–Kier alpha value is -6.12. The van der Waals surface area contributed by atoms with Crippen LogP contribution in [0.1, 0.15) is 0 Å². The van der Waals surface area contributed by atoms with Crippen LogP contribution >= 0.6 is 0 Å². The molecule has 0 spiro atoms. The molecule has 9 rings (SSSR count). The lowest BCUT2D eigenvalue weighted by Gasteiger charge is -2.29. The van der Waals surface area contributed by atoms with E-state index in [0.717, 1.165) is 39.0 Å². The number of rotatable bonds is 5. The van der Waals surface area contributed by atoms with Crippen molar-refractivity contribution in [3.63, 3.8) is 0 Å². The molecule has 0 saturated heterocycles. The molecule has 0 amide bonds. The third kappa shape index (κ3) is 4.43. The van der Waals surface area contributed by atoms with E-state index >= 15 is 0 Å². The molecule has 1 heterocycles. The summed E-state index contributed by atoms with van der Waals surface area (Å²) >= 11 is 0. The summed E-state index contributed by atoms with van der Waals surface area (Å²) < 4.78 is 6.42. The van der Waals surface area contributed by atoms with Crippen LogP contribution in [0, 0.1) is 0 Å². The first-order valence-electron chi connectivity index (χ1n) is 15.7. The van der Waals surface area contributed by atoms with Gasteiger partial charge in [0.2, 0.25) is 0 Å². The fourth-order valence-electron chi connectivity index (χ4n) is 6.78. The highest BCUT2D eigenvalue weighted by molar-refractivity contribution is 6.09. The summed E-state index contributed by atoms with van der Waals surface area (Å²) in [6.07, 6.45) is 0. The van der Waals surface area contributed by atoms with E-state index in [-0.39, 0.29) is 0 Å². The topological polar surface area (TPSA) is 16.4 Å². The average molecular weight is 588 g/mol. The van der Waals surface area contributed by atoms with Crippen LogP contribution in [0.3, 0.4) is 0 Å². The van der Waals surface area contributed by atoms with Gasteiger partial charge in [0.15, 0.2) is 0 Å². The Balaban J connectivity index is 1.32. The Bertz CT molecular complexity index is 2530. The Kier molecular flexibility index (Phi) is 6.17. The third-order valence-electron chi connectivity index (χ3n) is 9.04. The Morgan fingerprint density at radius 2 is 0.957 bits per heavy atom. The normalized spacial score (nSPS) is 11.5. The van der Waals surface area contributed by atoms with Gasteiger partial charge in [-0.3, -0.25) is 0 Å². The van der Waals surface area contributed by atoms with Gasteiger partial charge in [0, 0.05) is 39.2 Å². The highest BCUT2D eigenvalue weighted by atomic mass is 16.3. The van der Waals surface area contributed by atoms with E-state index in [1.165, 1.54) is 43.8 Å². The highest BCUT2D eigenvalue weighted by Crippen LogP contribution is 2.46. The largest absolute Gasteiger partial charge is 0.456 e. The summed E-state index contributed by atoms with van der Waals surface area (Å²) in [7, 11) is 0. The average Bonchev–Trinajstić information content (AvgIpc) is 3.50. The molecule has 0 aliphatic carbocycles. The molecule has 0 unspecified atom stereocenters. The molecule has 0 radical (unpaired) electrons. The van der Waals surface area contributed by atoms with Crippen molar-refractivity contribution < 1.29 is 4.42 Å². The first-order valence-corrected chi connectivity index (χ1v) is 15.7. The molecule has 1 aromatic heterocycles. The van der Waals surface area contributed by atoms with Gasteiger partial charge in [0.1, 0.15) is 11.2 Å². The number of nitrogens with zero attached hydrogens (tertiary/aromatic N) is 1. The molecule has 0 bridgehead atoms. The fourth-order valence-corrected chi connectivity index (χ4v) is 6.78. The highest BCUT2D eigenvalue weighted by Gasteiger charge is 2.22. The van der Waals surface area contributed by atoms with Gasteiger partial charge in [0.05, 0.1) is 5.69 Å². The van der Waals surface area contributed by atoms with Crippen LogP contribution in [0.25, 0.3) is 65.7 Å². The molecule has 0 atom stereocenters. The monoisotopic (exact) mass is 587 g/mol. The zero-order chi connectivity index (χ0) is 30.5. The first kappa shape index (κ1) is 26.3. The maximum absolute atomic E-state index is 6.42. The Morgan fingerprint density at radius 1 is 0.348 bits per heavy atom. The minimum absolute atomic E-state index is 0.872. The van der Waals surface area contributed by atoms with Crippen molar-refractivity contribution in [2.45, 2.75) is 0 Å². The lowest BCUT2D eigenvalue weighted by Crippen LogP contribution is -2.12. The lowest BCUT2D eigenvalue weighted by molar-refractivity contribution is 0.669.